The normalized spacial score (nSPS) is 10.2. The summed E-state index contributed by atoms with van der Waals surface area (Å²) in [4.78, 5) is 4.10. The van der Waals surface area contributed by atoms with Crippen LogP contribution in [0.5, 0.6) is 5.75 Å². The topological polar surface area (TPSA) is 45.1 Å². The van der Waals surface area contributed by atoms with Crippen LogP contribution in [0.2, 0.25) is 10.2 Å². The lowest BCUT2D eigenvalue weighted by atomic mass is 10.2. The van der Waals surface area contributed by atoms with E-state index in [0.29, 0.717) is 22.5 Å². The van der Waals surface area contributed by atoms with Crippen LogP contribution in [0.1, 0.15) is 5.56 Å². The first kappa shape index (κ1) is 12.0. The molecule has 88 valence electrons. The van der Waals surface area contributed by atoms with Gasteiger partial charge in [-0.1, -0.05) is 35.3 Å². The minimum absolute atomic E-state index is 0.0799. The van der Waals surface area contributed by atoms with Crippen LogP contribution in [-0.2, 0) is 6.54 Å². The Morgan fingerprint density at radius 2 is 2.00 bits per heavy atom. The maximum atomic E-state index is 9.28. The Hall–Kier alpha value is -1.45. The van der Waals surface area contributed by atoms with Gasteiger partial charge in [-0.2, -0.15) is 0 Å². The van der Waals surface area contributed by atoms with Gasteiger partial charge >= 0.3 is 0 Å². The first-order valence-electron chi connectivity index (χ1n) is 4.99. The third-order valence-corrected chi connectivity index (χ3v) is 2.71. The quantitative estimate of drug-likeness (QED) is 0.835. The fourth-order valence-corrected chi connectivity index (χ4v) is 1.73. The van der Waals surface area contributed by atoms with Crippen LogP contribution in [0.3, 0.4) is 0 Å². The molecule has 0 spiro atoms. The highest BCUT2D eigenvalue weighted by Crippen LogP contribution is 2.24. The zero-order chi connectivity index (χ0) is 12.3. The SMILES string of the molecule is Oc1ccc(CNc2cccc(Cl)n2)cc1Cl. The van der Waals surface area contributed by atoms with Crippen LogP contribution in [0.15, 0.2) is 36.4 Å². The molecule has 2 aromatic rings. The van der Waals surface area contributed by atoms with Crippen molar-refractivity contribution in [3.8, 4) is 5.75 Å². The van der Waals surface area contributed by atoms with Crippen molar-refractivity contribution >= 4 is 29.0 Å². The van der Waals surface area contributed by atoms with E-state index in [2.05, 4.69) is 10.3 Å². The van der Waals surface area contributed by atoms with E-state index >= 15 is 0 Å². The van der Waals surface area contributed by atoms with Gasteiger partial charge in [0.25, 0.3) is 0 Å². The van der Waals surface area contributed by atoms with Gasteiger partial charge in [-0.3, -0.25) is 0 Å². The molecular formula is C12H10Cl2N2O. The van der Waals surface area contributed by atoms with Crippen molar-refractivity contribution in [1.82, 2.24) is 4.98 Å². The summed E-state index contributed by atoms with van der Waals surface area (Å²) < 4.78 is 0. The Balaban J connectivity index is 2.05. The molecular weight excluding hydrogens is 259 g/mol. The number of nitrogens with zero attached hydrogens (tertiary/aromatic N) is 1. The van der Waals surface area contributed by atoms with Crippen LogP contribution in [0, 0.1) is 0 Å². The lowest BCUT2D eigenvalue weighted by Crippen LogP contribution is -2.01. The fraction of sp³-hybridized carbons (Fsp3) is 0.0833. The molecule has 2 rings (SSSR count). The number of benzene rings is 1. The monoisotopic (exact) mass is 268 g/mol. The van der Waals surface area contributed by atoms with Crippen molar-refractivity contribution in [2.45, 2.75) is 6.54 Å². The summed E-state index contributed by atoms with van der Waals surface area (Å²) >= 11 is 11.6. The predicted octanol–water partition coefficient (Wildman–Crippen LogP) is 3.71. The van der Waals surface area contributed by atoms with Crippen molar-refractivity contribution in [2.24, 2.45) is 0 Å². The molecule has 2 N–H and O–H groups in total. The van der Waals surface area contributed by atoms with Crippen LogP contribution in [-0.4, -0.2) is 10.1 Å². The van der Waals surface area contributed by atoms with E-state index in [-0.39, 0.29) is 5.75 Å². The zero-order valence-electron chi connectivity index (χ0n) is 8.82. The second-order valence-electron chi connectivity index (χ2n) is 3.48. The molecule has 5 heteroatoms. The summed E-state index contributed by atoms with van der Waals surface area (Å²) in [7, 11) is 0. The maximum absolute atomic E-state index is 9.28. The lowest BCUT2D eigenvalue weighted by molar-refractivity contribution is 0.475. The molecule has 17 heavy (non-hydrogen) atoms. The van der Waals surface area contributed by atoms with Crippen LogP contribution in [0.4, 0.5) is 5.82 Å². The van der Waals surface area contributed by atoms with Crippen LogP contribution in [0.25, 0.3) is 0 Å². The average Bonchev–Trinajstić information content (AvgIpc) is 2.31. The Labute approximate surface area is 109 Å². The molecule has 0 amide bonds. The van der Waals surface area contributed by atoms with E-state index in [9.17, 15) is 5.11 Å². The number of aromatic hydroxyl groups is 1. The van der Waals surface area contributed by atoms with E-state index in [4.69, 9.17) is 23.2 Å². The summed E-state index contributed by atoms with van der Waals surface area (Å²) in [6.07, 6.45) is 0. The van der Waals surface area contributed by atoms with Gasteiger partial charge in [0.1, 0.15) is 16.7 Å². The van der Waals surface area contributed by atoms with Gasteiger partial charge in [-0.05, 0) is 29.8 Å². The molecule has 1 heterocycles. The number of hydrogen-bond donors (Lipinski definition) is 2. The first-order valence-corrected chi connectivity index (χ1v) is 5.74. The molecule has 0 fully saturated rings. The highest BCUT2D eigenvalue weighted by Gasteiger charge is 2.00. The second-order valence-corrected chi connectivity index (χ2v) is 4.28. The molecule has 0 saturated carbocycles. The van der Waals surface area contributed by atoms with Crippen molar-refractivity contribution in [3.05, 3.63) is 52.1 Å². The Morgan fingerprint density at radius 3 is 2.71 bits per heavy atom. The number of rotatable bonds is 3. The number of anilines is 1. The average molecular weight is 269 g/mol. The zero-order valence-corrected chi connectivity index (χ0v) is 10.3. The van der Waals surface area contributed by atoms with Crippen molar-refractivity contribution < 1.29 is 5.11 Å². The van der Waals surface area contributed by atoms with Crippen LogP contribution < -0.4 is 5.32 Å². The summed E-state index contributed by atoms with van der Waals surface area (Å²) in [6.45, 7) is 0.563. The molecule has 1 aromatic heterocycles. The molecule has 3 nitrogen and oxygen atoms in total. The third-order valence-electron chi connectivity index (χ3n) is 2.20. The van der Waals surface area contributed by atoms with Crippen molar-refractivity contribution in [1.29, 1.82) is 0 Å². The van der Waals surface area contributed by atoms with E-state index in [1.807, 2.05) is 12.1 Å². The van der Waals surface area contributed by atoms with Crippen LogP contribution >= 0.6 is 23.2 Å². The van der Waals surface area contributed by atoms with Gasteiger partial charge in [0.15, 0.2) is 0 Å². The smallest absolute Gasteiger partial charge is 0.134 e. The molecule has 0 aliphatic heterocycles. The van der Waals surface area contributed by atoms with E-state index in [1.54, 1.807) is 24.3 Å². The molecule has 0 saturated heterocycles. The standard InChI is InChI=1S/C12H10Cl2N2O/c13-9-6-8(4-5-10(9)17)7-15-12-3-1-2-11(14)16-12/h1-6,17H,7H2,(H,15,16). The van der Waals surface area contributed by atoms with Gasteiger partial charge < -0.3 is 10.4 Å². The number of phenolic OH excluding ortho intramolecular Hbond substituents is 1. The second kappa shape index (κ2) is 5.25. The molecule has 0 aliphatic rings. The van der Waals surface area contributed by atoms with Gasteiger partial charge in [0, 0.05) is 6.54 Å². The number of hydrogen-bond acceptors (Lipinski definition) is 3. The van der Waals surface area contributed by atoms with E-state index in [1.165, 1.54) is 0 Å². The Bertz CT molecular complexity index is 532. The Morgan fingerprint density at radius 1 is 1.18 bits per heavy atom. The van der Waals surface area contributed by atoms with Gasteiger partial charge in [0.2, 0.25) is 0 Å². The summed E-state index contributed by atoms with van der Waals surface area (Å²) in [5.74, 6) is 0.776. The lowest BCUT2D eigenvalue weighted by Gasteiger charge is -2.06. The number of aromatic nitrogens is 1. The van der Waals surface area contributed by atoms with Gasteiger partial charge in [-0.15, -0.1) is 0 Å². The summed E-state index contributed by atoms with van der Waals surface area (Å²) in [6, 6.07) is 10.4. The first-order chi connectivity index (χ1) is 8.15. The van der Waals surface area contributed by atoms with E-state index < -0.39 is 0 Å². The minimum atomic E-state index is 0.0799. The molecule has 0 bridgehead atoms. The molecule has 0 radical (unpaired) electrons. The molecule has 0 atom stereocenters. The fourth-order valence-electron chi connectivity index (χ4n) is 1.36. The van der Waals surface area contributed by atoms with E-state index in [0.717, 1.165) is 5.56 Å². The summed E-state index contributed by atoms with van der Waals surface area (Å²) in [5.41, 5.74) is 0.953. The predicted molar refractivity (Wildman–Crippen MR) is 69.7 cm³/mol. The number of phenols is 1. The largest absolute Gasteiger partial charge is 0.506 e. The number of pyridine rings is 1. The van der Waals surface area contributed by atoms with Crippen molar-refractivity contribution in [2.75, 3.05) is 5.32 Å². The Kier molecular flexibility index (Phi) is 3.71. The number of halogens is 2. The molecule has 0 aliphatic carbocycles. The molecule has 0 unspecified atom stereocenters. The summed E-state index contributed by atoms with van der Waals surface area (Å²) in [5, 5.41) is 13.2. The highest BCUT2D eigenvalue weighted by atomic mass is 35.5. The third kappa shape index (κ3) is 3.25. The van der Waals surface area contributed by atoms with Crippen molar-refractivity contribution in [3.63, 3.8) is 0 Å². The minimum Gasteiger partial charge on any atom is -0.506 e. The maximum Gasteiger partial charge on any atom is 0.134 e. The molecule has 1 aromatic carbocycles. The van der Waals surface area contributed by atoms with Gasteiger partial charge in [0.05, 0.1) is 5.02 Å². The number of nitrogens with one attached hydrogen (secondary N) is 1. The van der Waals surface area contributed by atoms with Gasteiger partial charge in [-0.25, -0.2) is 4.98 Å². The highest BCUT2D eigenvalue weighted by molar-refractivity contribution is 6.32.